The molecule has 2 amide bonds. The number of carbonyl (C=O) groups is 2. The number of nitrogens with zero attached hydrogens (tertiary/aromatic N) is 3. The molecule has 0 bridgehead atoms. The molecule has 7 heteroatoms. The maximum atomic E-state index is 11.6. The van der Waals surface area contributed by atoms with Crippen LogP contribution in [0.3, 0.4) is 0 Å². The molecular weight excluding hydrogens is 390 g/mol. The van der Waals surface area contributed by atoms with Crippen LogP contribution in [-0.2, 0) is 9.59 Å². The van der Waals surface area contributed by atoms with Crippen molar-refractivity contribution in [1.82, 2.24) is 9.80 Å². The number of para-hydroxylation sites is 2. The van der Waals surface area contributed by atoms with Crippen LogP contribution in [0.25, 0.3) is 0 Å². The second-order valence-corrected chi connectivity index (χ2v) is 7.64. The summed E-state index contributed by atoms with van der Waals surface area (Å²) in [6.07, 6.45) is 4.91. The van der Waals surface area contributed by atoms with Gasteiger partial charge >= 0.3 is 0 Å². The third-order valence-corrected chi connectivity index (χ3v) is 5.55. The SMILES string of the molecule is CCCOc1ccccc1N1CCN(CCCCCN2C(=O)CCC2=O)CC1.Cl. The number of ether oxygens (including phenoxy) is 1. The molecule has 0 spiro atoms. The van der Waals surface area contributed by atoms with Crippen molar-refractivity contribution in [2.24, 2.45) is 0 Å². The molecule has 0 N–H and O–H groups in total. The van der Waals surface area contributed by atoms with Gasteiger partial charge in [-0.1, -0.05) is 25.5 Å². The van der Waals surface area contributed by atoms with E-state index < -0.39 is 0 Å². The van der Waals surface area contributed by atoms with Crippen molar-refractivity contribution in [3.8, 4) is 5.75 Å². The molecule has 0 aliphatic carbocycles. The first-order chi connectivity index (χ1) is 13.7. The van der Waals surface area contributed by atoms with Gasteiger partial charge in [-0.05, 0) is 37.9 Å². The molecule has 2 saturated heterocycles. The van der Waals surface area contributed by atoms with E-state index in [1.165, 1.54) is 10.6 Å². The van der Waals surface area contributed by atoms with E-state index in [1.54, 1.807) is 0 Å². The van der Waals surface area contributed by atoms with Crippen LogP contribution < -0.4 is 9.64 Å². The molecule has 0 saturated carbocycles. The summed E-state index contributed by atoms with van der Waals surface area (Å²) in [5.74, 6) is 0.998. The van der Waals surface area contributed by atoms with Crippen LogP contribution in [-0.4, -0.2) is 67.5 Å². The highest BCUT2D eigenvalue weighted by Gasteiger charge is 2.27. The minimum absolute atomic E-state index is 0. The summed E-state index contributed by atoms with van der Waals surface area (Å²) in [4.78, 5) is 29.6. The van der Waals surface area contributed by atoms with Crippen LogP contribution in [0.15, 0.2) is 24.3 Å². The number of likely N-dealkylation sites (tertiary alicyclic amines) is 1. The Morgan fingerprint density at radius 3 is 2.24 bits per heavy atom. The number of anilines is 1. The van der Waals surface area contributed by atoms with E-state index in [9.17, 15) is 9.59 Å². The number of carbonyl (C=O) groups excluding carboxylic acids is 2. The Hall–Kier alpha value is -1.79. The summed E-state index contributed by atoms with van der Waals surface area (Å²) in [5, 5.41) is 0. The topological polar surface area (TPSA) is 53.1 Å². The number of unbranched alkanes of at least 4 members (excludes halogenated alkanes) is 2. The summed E-state index contributed by atoms with van der Waals surface area (Å²) in [6, 6.07) is 8.33. The Kier molecular flexibility index (Phi) is 9.74. The van der Waals surface area contributed by atoms with Gasteiger partial charge in [-0.3, -0.25) is 19.4 Å². The van der Waals surface area contributed by atoms with Gasteiger partial charge in [0.15, 0.2) is 0 Å². The van der Waals surface area contributed by atoms with E-state index in [-0.39, 0.29) is 24.2 Å². The molecule has 1 aromatic carbocycles. The summed E-state index contributed by atoms with van der Waals surface area (Å²) in [6.45, 7) is 8.72. The Balaban J connectivity index is 0.00000300. The first-order valence-electron chi connectivity index (χ1n) is 10.7. The van der Waals surface area contributed by atoms with E-state index in [4.69, 9.17) is 4.74 Å². The Bertz CT molecular complexity index is 646. The lowest BCUT2D eigenvalue weighted by Gasteiger charge is -2.36. The van der Waals surface area contributed by atoms with Gasteiger partial charge in [0.2, 0.25) is 11.8 Å². The van der Waals surface area contributed by atoms with Gasteiger partial charge in [-0.2, -0.15) is 0 Å². The van der Waals surface area contributed by atoms with Crippen molar-refractivity contribution in [2.75, 3.05) is 50.8 Å². The van der Waals surface area contributed by atoms with Crippen molar-refractivity contribution in [3.05, 3.63) is 24.3 Å². The van der Waals surface area contributed by atoms with Gasteiger partial charge in [0.05, 0.1) is 12.3 Å². The smallest absolute Gasteiger partial charge is 0.229 e. The molecule has 0 radical (unpaired) electrons. The predicted octanol–water partition coefficient (Wildman–Crippen LogP) is 3.34. The summed E-state index contributed by atoms with van der Waals surface area (Å²) < 4.78 is 5.91. The second-order valence-electron chi connectivity index (χ2n) is 7.64. The maximum Gasteiger partial charge on any atom is 0.229 e. The van der Waals surface area contributed by atoms with Crippen LogP contribution in [0.5, 0.6) is 5.75 Å². The van der Waals surface area contributed by atoms with E-state index in [1.807, 2.05) is 6.07 Å². The average molecular weight is 424 g/mol. The Labute approximate surface area is 180 Å². The van der Waals surface area contributed by atoms with Crippen molar-refractivity contribution >= 4 is 29.9 Å². The van der Waals surface area contributed by atoms with Crippen molar-refractivity contribution in [2.45, 2.75) is 45.4 Å². The third-order valence-electron chi connectivity index (χ3n) is 5.55. The molecule has 29 heavy (non-hydrogen) atoms. The monoisotopic (exact) mass is 423 g/mol. The fourth-order valence-corrected chi connectivity index (χ4v) is 3.92. The van der Waals surface area contributed by atoms with Crippen LogP contribution in [0, 0.1) is 0 Å². The third kappa shape index (κ3) is 6.61. The summed E-state index contributed by atoms with van der Waals surface area (Å²) in [7, 11) is 0. The maximum absolute atomic E-state index is 11.6. The van der Waals surface area contributed by atoms with Gasteiger partial charge in [-0.15, -0.1) is 12.4 Å². The number of rotatable bonds is 10. The van der Waals surface area contributed by atoms with Crippen LogP contribution >= 0.6 is 12.4 Å². The van der Waals surface area contributed by atoms with Crippen LogP contribution in [0.1, 0.15) is 45.4 Å². The van der Waals surface area contributed by atoms with E-state index in [0.29, 0.717) is 19.4 Å². The van der Waals surface area contributed by atoms with E-state index in [0.717, 1.165) is 70.8 Å². The quantitative estimate of drug-likeness (QED) is 0.426. The first kappa shape index (κ1) is 23.5. The molecule has 0 aromatic heterocycles. The molecule has 6 nitrogen and oxygen atoms in total. The fraction of sp³-hybridized carbons (Fsp3) is 0.636. The van der Waals surface area contributed by atoms with Gasteiger partial charge in [-0.25, -0.2) is 0 Å². The number of halogens is 1. The zero-order valence-electron chi connectivity index (χ0n) is 17.5. The highest BCUT2D eigenvalue weighted by Crippen LogP contribution is 2.29. The van der Waals surface area contributed by atoms with Crippen molar-refractivity contribution in [1.29, 1.82) is 0 Å². The van der Waals surface area contributed by atoms with Gasteiger partial charge in [0.1, 0.15) is 5.75 Å². The zero-order chi connectivity index (χ0) is 19.8. The number of amides is 2. The number of hydrogen-bond acceptors (Lipinski definition) is 5. The second kappa shape index (κ2) is 12.0. The number of imide groups is 1. The molecule has 1 aromatic rings. The highest BCUT2D eigenvalue weighted by molar-refractivity contribution is 6.01. The number of benzene rings is 1. The number of piperazine rings is 1. The highest BCUT2D eigenvalue weighted by atomic mass is 35.5. The lowest BCUT2D eigenvalue weighted by atomic mass is 10.2. The summed E-state index contributed by atoms with van der Waals surface area (Å²) >= 11 is 0. The molecule has 2 fully saturated rings. The standard InChI is InChI=1S/C22H33N3O3.ClH/c1-2-18-28-20-9-5-4-8-19(20)24-16-14-23(15-17-24)12-6-3-7-13-25-21(26)10-11-22(25)27;/h4-5,8-9H,2-3,6-7,10-18H2,1H3;1H. The van der Waals surface area contributed by atoms with Gasteiger partial charge < -0.3 is 9.64 Å². The minimum Gasteiger partial charge on any atom is -0.491 e. The summed E-state index contributed by atoms with van der Waals surface area (Å²) in [5.41, 5.74) is 1.20. The minimum atomic E-state index is 0. The van der Waals surface area contributed by atoms with Crippen molar-refractivity contribution in [3.63, 3.8) is 0 Å². The molecule has 2 aliphatic rings. The first-order valence-corrected chi connectivity index (χ1v) is 10.7. The number of hydrogen-bond donors (Lipinski definition) is 0. The van der Waals surface area contributed by atoms with Gasteiger partial charge in [0.25, 0.3) is 0 Å². The molecular formula is C22H34ClN3O3. The van der Waals surface area contributed by atoms with E-state index >= 15 is 0 Å². The molecule has 162 valence electrons. The average Bonchev–Trinajstić information content (AvgIpc) is 3.05. The lowest BCUT2D eigenvalue weighted by molar-refractivity contribution is -0.138. The fourth-order valence-electron chi connectivity index (χ4n) is 3.92. The Morgan fingerprint density at radius 1 is 0.897 bits per heavy atom. The molecule has 2 aliphatic heterocycles. The Morgan fingerprint density at radius 2 is 1.55 bits per heavy atom. The van der Waals surface area contributed by atoms with Gasteiger partial charge in [0, 0.05) is 45.6 Å². The lowest BCUT2D eigenvalue weighted by Crippen LogP contribution is -2.46. The molecule has 2 heterocycles. The molecule has 3 rings (SSSR count). The predicted molar refractivity (Wildman–Crippen MR) is 118 cm³/mol. The van der Waals surface area contributed by atoms with Crippen LogP contribution in [0.4, 0.5) is 5.69 Å². The molecule has 0 atom stereocenters. The van der Waals surface area contributed by atoms with Crippen LogP contribution in [0.2, 0.25) is 0 Å². The zero-order valence-corrected chi connectivity index (χ0v) is 18.3. The largest absolute Gasteiger partial charge is 0.491 e. The molecule has 0 unspecified atom stereocenters. The van der Waals surface area contributed by atoms with Crippen molar-refractivity contribution < 1.29 is 14.3 Å². The normalized spacial score (nSPS) is 17.6. The van der Waals surface area contributed by atoms with E-state index in [2.05, 4.69) is 34.9 Å².